The minimum absolute atomic E-state index is 0.0654. The van der Waals surface area contributed by atoms with Gasteiger partial charge in [0.15, 0.2) is 0 Å². The SMILES string of the molecule is CCCOc1ccc(/C=C2/C(=O)N(C3CCCC3)C(=O)C(C#N)=C2C)cc1. The van der Waals surface area contributed by atoms with Crippen molar-refractivity contribution in [1.82, 2.24) is 4.90 Å². The summed E-state index contributed by atoms with van der Waals surface area (Å²) < 4.78 is 5.58. The van der Waals surface area contributed by atoms with Gasteiger partial charge in [0.05, 0.1) is 6.61 Å². The fraction of sp³-hybridized carbons (Fsp3) is 0.409. The number of hydrogen-bond donors (Lipinski definition) is 0. The van der Waals surface area contributed by atoms with E-state index in [0.29, 0.717) is 17.8 Å². The monoisotopic (exact) mass is 364 g/mol. The first-order chi connectivity index (χ1) is 13.1. The molecule has 1 fully saturated rings. The molecule has 0 saturated heterocycles. The number of benzene rings is 1. The summed E-state index contributed by atoms with van der Waals surface area (Å²) in [6.07, 6.45) is 6.33. The van der Waals surface area contributed by atoms with Crippen molar-refractivity contribution in [2.45, 2.75) is 52.0 Å². The van der Waals surface area contributed by atoms with Crippen LogP contribution in [-0.2, 0) is 9.59 Å². The molecule has 0 aromatic heterocycles. The Kier molecular flexibility index (Phi) is 5.75. The third-order valence-corrected chi connectivity index (χ3v) is 5.13. The lowest BCUT2D eigenvalue weighted by molar-refractivity contribution is -0.143. The largest absolute Gasteiger partial charge is 0.494 e. The van der Waals surface area contributed by atoms with E-state index in [-0.39, 0.29) is 17.5 Å². The normalized spacial score (nSPS) is 19.7. The van der Waals surface area contributed by atoms with Crippen LogP contribution < -0.4 is 4.74 Å². The molecule has 1 aliphatic heterocycles. The van der Waals surface area contributed by atoms with Gasteiger partial charge in [0.25, 0.3) is 11.8 Å². The van der Waals surface area contributed by atoms with Crippen molar-refractivity contribution in [1.29, 1.82) is 5.26 Å². The smallest absolute Gasteiger partial charge is 0.271 e. The van der Waals surface area contributed by atoms with Crippen LogP contribution >= 0.6 is 0 Å². The maximum atomic E-state index is 13.1. The van der Waals surface area contributed by atoms with E-state index in [1.807, 2.05) is 37.3 Å². The van der Waals surface area contributed by atoms with Crippen LogP contribution in [0.3, 0.4) is 0 Å². The second-order valence-corrected chi connectivity index (χ2v) is 7.01. The van der Waals surface area contributed by atoms with E-state index in [1.54, 1.807) is 13.0 Å². The summed E-state index contributed by atoms with van der Waals surface area (Å²) in [5.74, 6) is 0.0313. The maximum absolute atomic E-state index is 13.1. The molecule has 0 spiro atoms. The molecular weight excluding hydrogens is 340 g/mol. The lowest BCUT2D eigenvalue weighted by Gasteiger charge is -2.32. The van der Waals surface area contributed by atoms with Gasteiger partial charge in [-0.1, -0.05) is 31.9 Å². The Labute approximate surface area is 159 Å². The number of amides is 2. The average Bonchev–Trinajstić information content (AvgIpc) is 3.19. The predicted molar refractivity (Wildman–Crippen MR) is 103 cm³/mol. The zero-order valence-electron chi connectivity index (χ0n) is 15.8. The van der Waals surface area contributed by atoms with Crippen LogP contribution in [0.25, 0.3) is 6.08 Å². The highest BCUT2D eigenvalue weighted by Gasteiger charge is 2.40. The van der Waals surface area contributed by atoms with E-state index in [0.717, 1.165) is 43.4 Å². The predicted octanol–water partition coefficient (Wildman–Crippen LogP) is 4.01. The molecule has 3 rings (SSSR count). The van der Waals surface area contributed by atoms with E-state index < -0.39 is 5.91 Å². The van der Waals surface area contributed by atoms with Gasteiger partial charge in [0, 0.05) is 11.6 Å². The molecule has 5 heteroatoms. The Morgan fingerprint density at radius 2 is 1.85 bits per heavy atom. The third kappa shape index (κ3) is 3.80. The highest BCUT2D eigenvalue weighted by molar-refractivity contribution is 6.19. The molecule has 0 bridgehead atoms. The van der Waals surface area contributed by atoms with Crippen LogP contribution in [0.15, 0.2) is 41.0 Å². The van der Waals surface area contributed by atoms with Crippen molar-refractivity contribution in [2.75, 3.05) is 6.61 Å². The molecule has 1 saturated carbocycles. The first kappa shape index (κ1) is 18.9. The molecule has 0 radical (unpaired) electrons. The molecule has 5 nitrogen and oxygen atoms in total. The second kappa shape index (κ2) is 8.22. The maximum Gasteiger partial charge on any atom is 0.271 e. The first-order valence-electron chi connectivity index (χ1n) is 9.50. The van der Waals surface area contributed by atoms with E-state index >= 15 is 0 Å². The highest BCUT2D eigenvalue weighted by Crippen LogP contribution is 2.33. The van der Waals surface area contributed by atoms with E-state index in [4.69, 9.17) is 4.74 Å². The molecule has 1 aliphatic carbocycles. The van der Waals surface area contributed by atoms with Gasteiger partial charge in [-0.2, -0.15) is 5.26 Å². The van der Waals surface area contributed by atoms with Gasteiger partial charge in [-0.15, -0.1) is 0 Å². The van der Waals surface area contributed by atoms with Crippen LogP contribution in [0, 0.1) is 11.3 Å². The lowest BCUT2D eigenvalue weighted by atomic mass is 9.92. The zero-order chi connectivity index (χ0) is 19.4. The highest BCUT2D eigenvalue weighted by atomic mass is 16.5. The summed E-state index contributed by atoms with van der Waals surface area (Å²) in [4.78, 5) is 27.1. The fourth-order valence-electron chi connectivity index (χ4n) is 3.64. The van der Waals surface area contributed by atoms with Crippen LogP contribution in [0.4, 0.5) is 0 Å². The van der Waals surface area contributed by atoms with E-state index in [2.05, 4.69) is 0 Å². The Morgan fingerprint density at radius 1 is 1.19 bits per heavy atom. The fourth-order valence-corrected chi connectivity index (χ4v) is 3.64. The number of carbonyl (C=O) groups is 2. The Morgan fingerprint density at radius 3 is 2.44 bits per heavy atom. The molecule has 2 amide bonds. The summed E-state index contributed by atoms with van der Waals surface area (Å²) in [6.45, 7) is 4.38. The quantitative estimate of drug-likeness (QED) is 0.585. The Balaban J connectivity index is 1.95. The van der Waals surface area contributed by atoms with Crippen molar-refractivity contribution in [3.63, 3.8) is 0 Å². The van der Waals surface area contributed by atoms with Gasteiger partial charge in [-0.3, -0.25) is 14.5 Å². The van der Waals surface area contributed by atoms with Crippen molar-refractivity contribution in [3.8, 4) is 11.8 Å². The third-order valence-electron chi connectivity index (χ3n) is 5.13. The van der Waals surface area contributed by atoms with E-state index in [9.17, 15) is 14.9 Å². The van der Waals surface area contributed by atoms with Gasteiger partial charge in [-0.25, -0.2) is 0 Å². The number of hydrogen-bond acceptors (Lipinski definition) is 4. The molecule has 2 aliphatic rings. The van der Waals surface area contributed by atoms with Crippen LogP contribution in [0.5, 0.6) is 5.75 Å². The Hall–Kier alpha value is -2.87. The van der Waals surface area contributed by atoms with Gasteiger partial charge in [-0.05, 0) is 55.5 Å². The Bertz CT molecular complexity index is 837. The molecule has 1 heterocycles. The van der Waals surface area contributed by atoms with Crippen LogP contribution in [0.1, 0.15) is 51.5 Å². The summed E-state index contributed by atoms with van der Waals surface area (Å²) >= 11 is 0. The van der Waals surface area contributed by atoms with Crippen molar-refractivity contribution < 1.29 is 14.3 Å². The minimum Gasteiger partial charge on any atom is -0.494 e. The number of ether oxygens (including phenoxy) is 1. The van der Waals surface area contributed by atoms with Crippen LogP contribution in [0.2, 0.25) is 0 Å². The number of imide groups is 1. The summed E-state index contributed by atoms with van der Waals surface area (Å²) in [7, 11) is 0. The zero-order valence-corrected chi connectivity index (χ0v) is 15.8. The van der Waals surface area contributed by atoms with E-state index in [1.165, 1.54) is 4.90 Å². The number of rotatable bonds is 5. The standard InChI is InChI=1S/C22H24N2O3/c1-3-12-27-18-10-8-16(9-11-18)13-19-15(2)20(14-23)22(26)24(21(19)25)17-6-4-5-7-17/h8-11,13,17H,3-7,12H2,1-2H3/b19-13+. The molecule has 1 aromatic carbocycles. The van der Waals surface area contributed by atoms with Gasteiger partial charge >= 0.3 is 0 Å². The van der Waals surface area contributed by atoms with Gasteiger partial charge < -0.3 is 4.74 Å². The minimum atomic E-state index is -0.452. The first-order valence-corrected chi connectivity index (χ1v) is 9.50. The van der Waals surface area contributed by atoms with Crippen molar-refractivity contribution in [3.05, 3.63) is 46.5 Å². The molecule has 0 unspecified atom stereocenters. The second-order valence-electron chi connectivity index (χ2n) is 7.01. The molecule has 27 heavy (non-hydrogen) atoms. The molecule has 0 N–H and O–H groups in total. The number of nitrogens with zero attached hydrogens (tertiary/aromatic N) is 2. The van der Waals surface area contributed by atoms with Gasteiger partial charge in [0.1, 0.15) is 17.4 Å². The van der Waals surface area contributed by atoms with Crippen molar-refractivity contribution >= 4 is 17.9 Å². The molecule has 0 atom stereocenters. The number of carbonyl (C=O) groups excluding carboxylic acids is 2. The topological polar surface area (TPSA) is 70.4 Å². The molecule has 140 valence electrons. The molecular formula is C22H24N2O3. The van der Waals surface area contributed by atoms with Gasteiger partial charge in [0.2, 0.25) is 0 Å². The number of nitriles is 1. The van der Waals surface area contributed by atoms with Crippen molar-refractivity contribution in [2.24, 2.45) is 0 Å². The van der Waals surface area contributed by atoms with Crippen LogP contribution in [-0.4, -0.2) is 29.4 Å². The summed E-state index contributed by atoms with van der Waals surface area (Å²) in [6, 6.07) is 9.37. The average molecular weight is 364 g/mol. The molecule has 1 aromatic rings. The summed E-state index contributed by atoms with van der Waals surface area (Å²) in [5.41, 5.74) is 1.77. The summed E-state index contributed by atoms with van der Waals surface area (Å²) in [5, 5.41) is 9.47. The lowest BCUT2D eigenvalue weighted by Crippen LogP contribution is -2.47.